The Morgan fingerprint density at radius 3 is 2.93 bits per heavy atom. The van der Waals surface area contributed by atoms with Gasteiger partial charge < -0.3 is 4.98 Å². The molecule has 0 saturated heterocycles. The number of aromatic amines is 2. The highest BCUT2D eigenvalue weighted by Crippen LogP contribution is 2.30. The van der Waals surface area contributed by atoms with Crippen LogP contribution in [0.15, 0.2) is 36.0 Å². The molecule has 0 fully saturated rings. The average Bonchev–Trinajstić information content (AvgIpc) is 3.01. The molecule has 3 aromatic heterocycles. The van der Waals surface area contributed by atoms with Crippen LogP contribution in [0.3, 0.4) is 0 Å². The van der Waals surface area contributed by atoms with Crippen LogP contribution in [0.1, 0.15) is 0 Å². The first kappa shape index (κ1) is 8.43. The predicted octanol–water partition coefficient (Wildman–Crippen LogP) is 2.53. The van der Waals surface area contributed by atoms with Gasteiger partial charge in [-0.15, -0.1) is 0 Å². The van der Waals surface area contributed by atoms with Gasteiger partial charge in [0.25, 0.3) is 0 Å². The number of nitrogens with one attached hydrogen (secondary N) is 2. The van der Waals surface area contributed by atoms with E-state index < -0.39 is 0 Å². The summed E-state index contributed by atoms with van der Waals surface area (Å²) in [5, 5.41) is 8.88. The lowest BCUT2D eigenvalue weighted by atomic mass is 10.1. The van der Waals surface area contributed by atoms with E-state index in [4.69, 9.17) is 0 Å². The zero-order valence-electron chi connectivity index (χ0n) is 7.77. The maximum Gasteiger partial charge on any atom is 0.111 e. The minimum atomic E-state index is 0.944. The third-order valence-electron chi connectivity index (χ3n) is 2.21. The van der Waals surface area contributed by atoms with Gasteiger partial charge in [0.05, 0.1) is 5.69 Å². The number of hydrogen-bond acceptors (Lipinski definition) is 3. The number of rotatable bonds is 2. The van der Waals surface area contributed by atoms with Crippen LogP contribution in [0.4, 0.5) is 0 Å². The summed E-state index contributed by atoms with van der Waals surface area (Å²) in [6, 6.07) is 5.93. The van der Waals surface area contributed by atoms with Crippen molar-refractivity contribution in [2.75, 3.05) is 0 Å². The van der Waals surface area contributed by atoms with E-state index in [2.05, 4.69) is 19.6 Å². The Labute approximate surface area is 90.2 Å². The van der Waals surface area contributed by atoms with Crippen molar-refractivity contribution in [1.82, 2.24) is 19.6 Å². The zero-order valence-corrected chi connectivity index (χ0v) is 8.58. The molecule has 2 N–H and O–H groups in total. The summed E-state index contributed by atoms with van der Waals surface area (Å²) in [6.45, 7) is 0. The van der Waals surface area contributed by atoms with Gasteiger partial charge >= 0.3 is 0 Å². The standard InChI is InChI=1S/C10H8N4S/c1-2-8(11-4-1)7-6-15-14-10(7)9-3-5-12-13-9/h1-6,11H,(H,12,13). The summed E-state index contributed by atoms with van der Waals surface area (Å²) in [5.74, 6) is 0. The topological polar surface area (TPSA) is 57.4 Å². The second-order valence-electron chi connectivity index (χ2n) is 3.13. The largest absolute Gasteiger partial charge is 0.361 e. The minimum Gasteiger partial charge on any atom is -0.361 e. The van der Waals surface area contributed by atoms with Crippen molar-refractivity contribution in [1.29, 1.82) is 0 Å². The molecule has 0 aliphatic rings. The molecule has 0 saturated carbocycles. The molecule has 3 aromatic rings. The van der Waals surface area contributed by atoms with Gasteiger partial charge in [-0.2, -0.15) is 9.47 Å². The fourth-order valence-electron chi connectivity index (χ4n) is 1.51. The molecular formula is C10H8N4S. The number of hydrogen-bond donors (Lipinski definition) is 2. The molecule has 0 radical (unpaired) electrons. The molecule has 0 spiro atoms. The summed E-state index contributed by atoms with van der Waals surface area (Å²) < 4.78 is 4.37. The lowest BCUT2D eigenvalue weighted by Crippen LogP contribution is -1.82. The van der Waals surface area contributed by atoms with Crippen LogP contribution >= 0.6 is 11.5 Å². The van der Waals surface area contributed by atoms with E-state index in [1.54, 1.807) is 6.20 Å². The van der Waals surface area contributed by atoms with Crippen molar-refractivity contribution in [3.8, 4) is 22.6 Å². The highest BCUT2D eigenvalue weighted by molar-refractivity contribution is 7.04. The van der Waals surface area contributed by atoms with Crippen LogP contribution in [0.2, 0.25) is 0 Å². The summed E-state index contributed by atoms with van der Waals surface area (Å²) in [6.07, 6.45) is 3.64. The van der Waals surface area contributed by atoms with Crippen molar-refractivity contribution in [2.24, 2.45) is 0 Å². The first-order valence-corrected chi connectivity index (χ1v) is 5.36. The average molecular weight is 216 g/mol. The van der Waals surface area contributed by atoms with E-state index in [9.17, 15) is 0 Å². The summed E-state index contributed by atoms with van der Waals surface area (Å²) >= 11 is 1.44. The maximum atomic E-state index is 4.37. The molecule has 4 nitrogen and oxygen atoms in total. The summed E-state index contributed by atoms with van der Waals surface area (Å²) in [7, 11) is 0. The molecule has 0 aliphatic heterocycles. The van der Waals surface area contributed by atoms with Crippen molar-refractivity contribution in [2.45, 2.75) is 0 Å². The van der Waals surface area contributed by atoms with Gasteiger partial charge in [0.1, 0.15) is 5.69 Å². The fourth-order valence-corrected chi connectivity index (χ4v) is 2.21. The Hall–Kier alpha value is -1.88. The van der Waals surface area contributed by atoms with Crippen LogP contribution in [0.5, 0.6) is 0 Å². The van der Waals surface area contributed by atoms with Crippen LogP contribution in [-0.4, -0.2) is 19.6 Å². The van der Waals surface area contributed by atoms with E-state index in [1.165, 1.54) is 11.5 Å². The van der Waals surface area contributed by atoms with Crippen molar-refractivity contribution >= 4 is 11.5 Å². The van der Waals surface area contributed by atoms with Gasteiger partial charge in [0.15, 0.2) is 0 Å². The Bertz CT molecular complexity index is 487. The maximum absolute atomic E-state index is 4.37. The van der Waals surface area contributed by atoms with Crippen LogP contribution in [-0.2, 0) is 0 Å². The van der Waals surface area contributed by atoms with E-state index in [-0.39, 0.29) is 0 Å². The summed E-state index contributed by atoms with van der Waals surface area (Å²) in [5.41, 5.74) is 4.07. The lowest BCUT2D eigenvalue weighted by molar-refractivity contribution is 1.09. The molecule has 0 amide bonds. The third-order valence-corrected chi connectivity index (χ3v) is 2.84. The molecule has 0 aliphatic carbocycles. The minimum absolute atomic E-state index is 0.944. The van der Waals surface area contributed by atoms with Crippen LogP contribution in [0, 0.1) is 0 Å². The van der Waals surface area contributed by atoms with E-state index in [0.29, 0.717) is 0 Å². The number of H-pyrrole nitrogens is 2. The molecule has 15 heavy (non-hydrogen) atoms. The number of nitrogens with zero attached hydrogens (tertiary/aromatic N) is 2. The molecule has 0 unspecified atom stereocenters. The van der Waals surface area contributed by atoms with Gasteiger partial charge in [-0.3, -0.25) is 5.10 Å². The molecule has 74 valence electrons. The van der Waals surface area contributed by atoms with Gasteiger partial charge in [-0.05, 0) is 29.7 Å². The quantitative estimate of drug-likeness (QED) is 0.691. The first-order valence-electron chi connectivity index (χ1n) is 4.53. The zero-order chi connectivity index (χ0) is 10.1. The van der Waals surface area contributed by atoms with Crippen LogP contribution in [0.25, 0.3) is 22.6 Å². The molecule has 5 heteroatoms. The normalized spacial score (nSPS) is 10.7. The van der Waals surface area contributed by atoms with Crippen molar-refractivity contribution in [3.63, 3.8) is 0 Å². The second kappa shape index (κ2) is 3.36. The van der Waals surface area contributed by atoms with Gasteiger partial charge in [-0.1, -0.05) is 0 Å². The van der Waals surface area contributed by atoms with E-state index >= 15 is 0 Å². The van der Waals surface area contributed by atoms with Crippen LogP contribution < -0.4 is 0 Å². The first-order chi connectivity index (χ1) is 7.45. The molecule has 3 rings (SSSR count). The van der Waals surface area contributed by atoms with Gasteiger partial charge in [0.2, 0.25) is 0 Å². The SMILES string of the molecule is c1c[nH]c(-c2csnc2-c2ccn[nH]2)c1. The number of aromatic nitrogens is 4. The Morgan fingerprint density at radius 1 is 1.20 bits per heavy atom. The highest BCUT2D eigenvalue weighted by atomic mass is 32.1. The Kier molecular flexibility index (Phi) is 1.89. The Balaban J connectivity index is 2.15. The second-order valence-corrected chi connectivity index (χ2v) is 3.76. The lowest BCUT2D eigenvalue weighted by Gasteiger charge is -1.96. The fraction of sp³-hybridized carbons (Fsp3) is 0. The molecule has 0 aromatic carbocycles. The predicted molar refractivity (Wildman–Crippen MR) is 59.5 cm³/mol. The Morgan fingerprint density at radius 2 is 2.20 bits per heavy atom. The molecule has 0 bridgehead atoms. The van der Waals surface area contributed by atoms with Crippen molar-refractivity contribution in [3.05, 3.63) is 36.0 Å². The summed E-state index contributed by atoms with van der Waals surface area (Å²) in [4.78, 5) is 3.17. The van der Waals surface area contributed by atoms with Gasteiger partial charge in [0, 0.05) is 29.0 Å². The van der Waals surface area contributed by atoms with Crippen molar-refractivity contribution < 1.29 is 0 Å². The van der Waals surface area contributed by atoms with Gasteiger partial charge in [-0.25, -0.2) is 0 Å². The smallest absolute Gasteiger partial charge is 0.111 e. The molecule has 3 heterocycles. The van der Waals surface area contributed by atoms with E-state index in [1.807, 2.05) is 29.8 Å². The third kappa shape index (κ3) is 1.37. The monoisotopic (exact) mass is 216 g/mol. The molecule has 0 atom stereocenters. The molecular weight excluding hydrogens is 208 g/mol. The van der Waals surface area contributed by atoms with E-state index in [0.717, 1.165) is 22.6 Å². The highest BCUT2D eigenvalue weighted by Gasteiger charge is 2.11.